The van der Waals surface area contributed by atoms with Crippen molar-refractivity contribution in [2.45, 2.75) is 0 Å². The number of hydrogen-bond acceptors (Lipinski definition) is 3. The van der Waals surface area contributed by atoms with E-state index in [-0.39, 0.29) is 8.41 Å². The molecule has 0 heterocycles. The molecule has 0 unspecified atom stereocenters. The lowest BCUT2D eigenvalue weighted by Gasteiger charge is -1.82. The number of rotatable bonds is 0. The molecule has 0 aliphatic rings. The molecular formula is H9BO12P3. The molecule has 0 rings (SSSR count). The lowest BCUT2D eigenvalue weighted by atomic mass is 10.8. The second kappa shape index (κ2) is 9.43. The summed E-state index contributed by atoms with van der Waals surface area (Å²) in [6.07, 6.45) is 0. The van der Waals surface area contributed by atoms with Gasteiger partial charge in [-0.1, -0.05) is 0 Å². The van der Waals surface area contributed by atoms with Crippen LogP contribution < -0.4 is 0 Å². The van der Waals surface area contributed by atoms with Crippen LogP contribution in [0.15, 0.2) is 0 Å². The van der Waals surface area contributed by atoms with Gasteiger partial charge in [-0.2, -0.15) is 0 Å². The Morgan fingerprint density at radius 3 is 0.438 bits per heavy atom. The fraction of sp³-hybridized carbons (Fsp3) is 0. The highest BCUT2D eigenvalue weighted by Crippen LogP contribution is 2.26. The molecule has 0 saturated carbocycles. The molecule has 3 radical (unpaired) electrons. The van der Waals surface area contributed by atoms with Gasteiger partial charge in [-0.25, -0.2) is 13.7 Å². The first-order chi connectivity index (χ1) is 6.00. The SMILES string of the molecule is O=P(O)(O)O.O=P(O)(O)O.O=P(O)(O)O.[B]. The third-order valence-corrected chi connectivity index (χ3v) is 0. The highest BCUT2D eigenvalue weighted by Gasteiger charge is 2.01. The second-order valence-corrected chi connectivity index (χ2v) is 4.62. The maximum Gasteiger partial charge on any atom is 0.466 e. The molecule has 0 fully saturated rings. The van der Waals surface area contributed by atoms with Crippen molar-refractivity contribution in [3.63, 3.8) is 0 Å². The van der Waals surface area contributed by atoms with Crippen molar-refractivity contribution >= 4 is 31.9 Å². The maximum atomic E-state index is 8.88. The van der Waals surface area contributed by atoms with Gasteiger partial charge < -0.3 is 44.0 Å². The Morgan fingerprint density at radius 1 is 0.438 bits per heavy atom. The van der Waals surface area contributed by atoms with Gasteiger partial charge in [0.1, 0.15) is 0 Å². The van der Waals surface area contributed by atoms with Crippen LogP contribution in [-0.4, -0.2) is 52.5 Å². The van der Waals surface area contributed by atoms with E-state index >= 15 is 0 Å². The van der Waals surface area contributed by atoms with E-state index in [1.54, 1.807) is 0 Å². The summed E-state index contributed by atoms with van der Waals surface area (Å²) in [7, 11) is -13.9. The van der Waals surface area contributed by atoms with Gasteiger partial charge in [0.25, 0.3) is 0 Å². The first-order valence-corrected chi connectivity index (χ1v) is 7.04. The summed E-state index contributed by atoms with van der Waals surface area (Å²) in [4.78, 5) is 64.7. The molecule has 16 heteroatoms. The van der Waals surface area contributed by atoms with Gasteiger partial charge in [0.2, 0.25) is 0 Å². The van der Waals surface area contributed by atoms with Gasteiger partial charge in [0, 0.05) is 8.41 Å². The van der Waals surface area contributed by atoms with Crippen LogP contribution >= 0.6 is 23.5 Å². The second-order valence-electron chi connectivity index (χ2n) is 1.54. The zero-order valence-electron chi connectivity index (χ0n) is 7.17. The average Bonchev–Trinajstić information content (AvgIpc) is 1.41. The fourth-order valence-corrected chi connectivity index (χ4v) is 0. The lowest BCUT2D eigenvalue weighted by Crippen LogP contribution is -1.66. The van der Waals surface area contributed by atoms with Crippen molar-refractivity contribution in [3.05, 3.63) is 0 Å². The quantitative estimate of drug-likeness (QED) is 0.159. The molecule has 16 heavy (non-hydrogen) atoms. The smallest absolute Gasteiger partial charge is 0.303 e. The predicted molar refractivity (Wildman–Crippen MR) is 48.5 cm³/mol. The van der Waals surface area contributed by atoms with Crippen LogP contribution in [0.4, 0.5) is 0 Å². The predicted octanol–water partition coefficient (Wildman–Crippen LogP) is -3.17. The zero-order chi connectivity index (χ0) is 13.5. The van der Waals surface area contributed by atoms with Crippen LogP contribution in [0.3, 0.4) is 0 Å². The summed E-state index contributed by atoms with van der Waals surface area (Å²) in [5.41, 5.74) is 0. The molecular weight excluding hydrogens is 296 g/mol. The Kier molecular flexibility index (Phi) is 14.9. The first-order valence-electron chi connectivity index (χ1n) is 2.35. The topological polar surface area (TPSA) is 233 Å². The first kappa shape index (κ1) is 25.3. The summed E-state index contributed by atoms with van der Waals surface area (Å²) < 4.78 is 26.6. The molecule has 99 valence electrons. The van der Waals surface area contributed by atoms with Crippen LogP contribution in [-0.2, 0) is 13.7 Å². The number of hydrogen-bond donors (Lipinski definition) is 9. The standard InChI is InChI=1S/B.3H3O4P/c;3*1-5(2,3)4/h;3*(H3,1,2,3,4). The Hall–Kier alpha value is 0.395. The molecule has 0 amide bonds. The minimum atomic E-state index is -4.64. The molecule has 0 bridgehead atoms. The minimum absolute atomic E-state index is 0. The normalized spacial score (nSPS) is 11.1. The van der Waals surface area contributed by atoms with Crippen LogP contribution in [0, 0.1) is 0 Å². The Morgan fingerprint density at radius 2 is 0.438 bits per heavy atom. The van der Waals surface area contributed by atoms with Crippen molar-refractivity contribution in [1.82, 2.24) is 0 Å². The Balaban J connectivity index is -0.0000000655. The van der Waals surface area contributed by atoms with E-state index < -0.39 is 23.5 Å². The van der Waals surface area contributed by atoms with Gasteiger partial charge in [-0.05, 0) is 0 Å². The summed E-state index contributed by atoms with van der Waals surface area (Å²) in [5.74, 6) is 0. The highest BCUT2D eigenvalue weighted by molar-refractivity contribution is 7.45. The van der Waals surface area contributed by atoms with Crippen LogP contribution in [0.5, 0.6) is 0 Å². The Bertz CT molecular complexity index is 202. The third kappa shape index (κ3) is 16600. The highest BCUT2D eigenvalue weighted by atomic mass is 31.2. The molecule has 12 nitrogen and oxygen atoms in total. The molecule has 0 saturated heterocycles. The largest absolute Gasteiger partial charge is 0.466 e. The van der Waals surface area contributed by atoms with Crippen molar-refractivity contribution in [1.29, 1.82) is 0 Å². The van der Waals surface area contributed by atoms with E-state index in [9.17, 15) is 0 Å². The molecule has 9 N–H and O–H groups in total. The monoisotopic (exact) mass is 305 g/mol. The Labute approximate surface area is 90.5 Å². The molecule has 0 atom stereocenters. The minimum Gasteiger partial charge on any atom is -0.303 e. The molecule has 0 aromatic heterocycles. The van der Waals surface area contributed by atoms with Gasteiger partial charge >= 0.3 is 23.5 Å². The third-order valence-electron chi connectivity index (χ3n) is 0. The molecule has 0 spiro atoms. The fourth-order valence-electron chi connectivity index (χ4n) is 0. The lowest BCUT2D eigenvalue weighted by molar-refractivity contribution is 0.272. The summed E-state index contributed by atoms with van der Waals surface area (Å²) in [5, 5.41) is 0. The van der Waals surface area contributed by atoms with E-state index in [1.807, 2.05) is 0 Å². The van der Waals surface area contributed by atoms with E-state index in [2.05, 4.69) is 0 Å². The van der Waals surface area contributed by atoms with E-state index in [0.29, 0.717) is 0 Å². The summed E-state index contributed by atoms with van der Waals surface area (Å²) in [6, 6.07) is 0. The molecule has 0 aliphatic heterocycles. The van der Waals surface area contributed by atoms with Crippen LogP contribution in [0.1, 0.15) is 0 Å². The van der Waals surface area contributed by atoms with E-state index in [0.717, 1.165) is 0 Å². The van der Waals surface area contributed by atoms with Gasteiger partial charge in [-0.3, -0.25) is 0 Å². The van der Waals surface area contributed by atoms with Gasteiger partial charge in [0.15, 0.2) is 0 Å². The van der Waals surface area contributed by atoms with Crippen LogP contribution in [0.25, 0.3) is 0 Å². The van der Waals surface area contributed by atoms with Crippen molar-refractivity contribution in [3.8, 4) is 0 Å². The van der Waals surface area contributed by atoms with E-state index in [1.165, 1.54) is 0 Å². The van der Waals surface area contributed by atoms with Crippen molar-refractivity contribution in [2.75, 3.05) is 0 Å². The molecule has 0 aromatic rings. The molecule has 0 aromatic carbocycles. The molecule has 0 aliphatic carbocycles. The zero-order valence-corrected chi connectivity index (χ0v) is 9.85. The van der Waals surface area contributed by atoms with Gasteiger partial charge in [0.05, 0.1) is 0 Å². The van der Waals surface area contributed by atoms with Crippen molar-refractivity contribution < 1.29 is 57.7 Å². The summed E-state index contributed by atoms with van der Waals surface area (Å²) >= 11 is 0. The van der Waals surface area contributed by atoms with Crippen LogP contribution in [0.2, 0.25) is 0 Å². The maximum absolute atomic E-state index is 8.88. The summed E-state index contributed by atoms with van der Waals surface area (Å²) in [6.45, 7) is 0. The van der Waals surface area contributed by atoms with E-state index in [4.69, 9.17) is 57.7 Å². The van der Waals surface area contributed by atoms with Gasteiger partial charge in [-0.15, -0.1) is 0 Å². The number of phosphoric acid groups is 3. The average molecular weight is 305 g/mol. The van der Waals surface area contributed by atoms with Crippen molar-refractivity contribution in [2.24, 2.45) is 0 Å².